The first-order valence-corrected chi connectivity index (χ1v) is 4.95. The van der Waals surface area contributed by atoms with Crippen LogP contribution in [0.3, 0.4) is 0 Å². The summed E-state index contributed by atoms with van der Waals surface area (Å²) in [5, 5.41) is 17.8. The average molecular weight is 205 g/mol. The van der Waals surface area contributed by atoms with E-state index in [9.17, 15) is 0 Å². The zero-order chi connectivity index (χ0) is 11.3. The van der Waals surface area contributed by atoms with Crippen molar-refractivity contribution in [3.8, 4) is 11.8 Å². The molecule has 1 rings (SSSR count). The predicted octanol–water partition coefficient (Wildman–Crippen LogP) is 2.02. The zero-order valence-corrected chi connectivity index (χ0v) is 9.03. The third kappa shape index (κ3) is 3.61. The van der Waals surface area contributed by atoms with Crippen LogP contribution in [0.25, 0.3) is 0 Å². The van der Waals surface area contributed by atoms with Gasteiger partial charge in [0.2, 0.25) is 0 Å². The van der Waals surface area contributed by atoms with E-state index in [0.717, 1.165) is 11.3 Å². The Hall–Kier alpha value is -1.53. The molecule has 3 nitrogen and oxygen atoms in total. The van der Waals surface area contributed by atoms with E-state index in [1.165, 1.54) is 0 Å². The highest BCUT2D eigenvalue weighted by molar-refractivity contribution is 5.41. The van der Waals surface area contributed by atoms with Crippen LogP contribution < -0.4 is 4.74 Å². The lowest BCUT2D eigenvalue weighted by molar-refractivity contribution is 0.155. The minimum atomic E-state index is -0.343. The van der Waals surface area contributed by atoms with E-state index in [0.29, 0.717) is 18.6 Å². The van der Waals surface area contributed by atoms with Crippen molar-refractivity contribution in [1.29, 1.82) is 5.26 Å². The molecule has 3 heteroatoms. The fourth-order valence-corrected chi connectivity index (χ4v) is 1.20. The monoisotopic (exact) mass is 205 g/mol. The van der Waals surface area contributed by atoms with Crippen LogP contribution in [0.2, 0.25) is 0 Å². The molecule has 0 aliphatic rings. The smallest absolute Gasteiger partial charge is 0.119 e. The van der Waals surface area contributed by atoms with Gasteiger partial charge in [-0.25, -0.2) is 0 Å². The van der Waals surface area contributed by atoms with Crippen LogP contribution in [0, 0.1) is 18.3 Å². The van der Waals surface area contributed by atoms with Gasteiger partial charge in [0.15, 0.2) is 0 Å². The van der Waals surface area contributed by atoms with Crippen LogP contribution in [0.1, 0.15) is 24.5 Å². The maximum Gasteiger partial charge on any atom is 0.119 e. The zero-order valence-electron chi connectivity index (χ0n) is 9.03. The highest BCUT2D eigenvalue weighted by Gasteiger charge is 2.01. The first-order chi connectivity index (χ1) is 7.13. The summed E-state index contributed by atoms with van der Waals surface area (Å²) in [5.74, 6) is 0.743. The first kappa shape index (κ1) is 11.5. The van der Waals surface area contributed by atoms with Crippen LogP contribution in [-0.2, 0) is 0 Å². The summed E-state index contributed by atoms with van der Waals surface area (Å²) in [5.41, 5.74) is 1.57. The molecule has 15 heavy (non-hydrogen) atoms. The second-order valence-corrected chi connectivity index (χ2v) is 3.57. The topological polar surface area (TPSA) is 53.2 Å². The number of rotatable bonds is 4. The van der Waals surface area contributed by atoms with E-state index in [-0.39, 0.29) is 6.10 Å². The average Bonchev–Trinajstić information content (AvgIpc) is 2.17. The van der Waals surface area contributed by atoms with Crippen molar-refractivity contribution < 1.29 is 9.84 Å². The Morgan fingerprint density at radius 1 is 1.53 bits per heavy atom. The number of ether oxygens (including phenoxy) is 1. The number of aliphatic hydroxyl groups excluding tert-OH is 1. The summed E-state index contributed by atoms with van der Waals surface area (Å²) in [7, 11) is 0. The fourth-order valence-electron chi connectivity index (χ4n) is 1.20. The lowest BCUT2D eigenvalue weighted by Gasteiger charge is -2.08. The normalized spacial score (nSPS) is 11.9. The Balaban J connectivity index is 2.57. The van der Waals surface area contributed by atoms with Crippen molar-refractivity contribution in [2.24, 2.45) is 0 Å². The van der Waals surface area contributed by atoms with Gasteiger partial charge in [0.25, 0.3) is 0 Å². The minimum absolute atomic E-state index is 0.343. The molecule has 1 atom stereocenters. The van der Waals surface area contributed by atoms with Gasteiger partial charge in [-0.1, -0.05) is 0 Å². The van der Waals surface area contributed by atoms with Crippen LogP contribution >= 0.6 is 0 Å². The molecule has 0 aliphatic carbocycles. The Labute approximate surface area is 89.9 Å². The molecule has 0 saturated heterocycles. The van der Waals surface area contributed by atoms with Crippen molar-refractivity contribution in [3.63, 3.8) is 0 Å². The predicted molar refractivity (Wildman–Crippen MR) is 57.7 cm³/mol. The fraction of sp³-hybridized carbons (Fsp3) is 0.417. The minimum Gasteiger partial charge on any atom is -0.493 e. The lowest BCUT2D eigenvalue weighted by Crippen LogP contribution is -2.07. The summed E-state index contributed by atoms with van der Waals surface area (Å²) in [6.07, 6.45) is 0.267. The number of benzene rings is 1. The van der Waals surface area contributed by atoms with Crippen molar-refractivity contribution in [1.82, 2.24) is 0 Å². The Kier molecular flexibility index (Phi) is 4.14. The SMILES string of the molecule is Cc1cc(OCCC(C)O)ccc1C#N. The van der Waals surface area contributed by atoms with Gasteiger partial charge in [0.1, 0.15) is 5.75 Å². The molecule has 0 amide bonds. The number of nitrogens with zero attached hydrogens (tertiary/aromatic N) is 1. The Bertz CT molecular complexity index is 366. The Morgan fingerprint density at radius 3 is 2.80 bits per heavy atom. The number of aryl methyl sites for hydroxylation is 1. The molecule has 0 bridgehead atoms. The standard InChI is InChI=1S/C12H15NO2/c1-9-7-12(4-3-11(9)8-13)15-6-5-10(2)14/h3-4,7,10,14H,5-6H2,1-2H3. The molecule has 0 aliphatic heterocycles. The lowest BCUT2D eigenvalue weighted by atomic mass is 10.1. The highest BCUT2D eigenvalue weighted by atomic mass is 16.5. The first-order valence-electron chi connectivity index (χ1n) is 4.95. The van der Waals surface area contributed by atoms with Gasteiger partial charge in [-0.2, -0.15) is 5.26 Å². The molecule has 1 aromatic rings. The van der Waals surface area contributed by atoms with Gasteiger partial charge in [0.05, 0.1) is 24.3 Å². The molecular weight excluding hydrogens is 190 g/mol. The second kappa shape index (κ2) is 5.38. The van der Waals surface area contributed by atoms with E-state index in [1.54, 1.807) is 19.1 Å². The molecule has 0 spiro atoms. The van der Waals surface area contributed by atoms with E-state index >= 15 is 0 Å². The molecule has 1 unspecified atom stereocenters. The van der Waals surface area contributed by atoms with Crippen molar-refractivity contribution in [2.45, 2.75) is 26.4 Å². The van der Waals surface area contributed by atoms with Gasteiger partial charge in [-0.05, 0) is 37.6 Å². The molecule has 0 aromatic heterocycles. The molecule has 1 N–H and O–H groups in total. The molecule has 0 saturated carbocycles. The summed E-state index contributed by atoms with van der Waals surface area (Å²) < 4.78 is 5.43. The third-order valence-electron chi connectivity index (χ3n) is 2.12. The summed E-state index contributed by atoms with van der Waals surface area (Å²) in [4.78, 5) is 0. The van der Waals surface area contributed by atoms with Crippen LogP contribution in [0.15, 0.2) is 18.2 Å². The molecular formula is C12H15NO2. The maximum absolute atomic E-state index is 9.04. The van der Waals surface area contributed by atoms with Crippen LogP contribution in [-0.4, -0.2) is 17.8 Å². The van der Waals surface area contributed by atoms with E-state index in [2.05, 4.69) is 6.07 Å². The molecule has 0 radical (unpaired) electrons. The second-order valence-electron chi connectivity index (χ2n) is 3.57. The van der Waals surface area contributed by atoms with Crippen molar-refractivity contribution in [3.05, 3.63) is 29.3 Å². The molecule has 80 valence electrons. The van der Waals surface area contributed by atoms with Gasteiger partial charge in [-0.15, -0.1) is 0 Å². The third-order valence-corrected chi connectivity index (χ3v) is 2.12. The van der Waals surface area contributed by atoms with Crippen LogP contribution in [0.4, 0.5) is 0 Å². The molecule has 0 fully saturated rings. The van der Waals surface area contributed by atoms with Gasteiger partial charge in [0, 0.05) is 6.42 Å². The van der Waals surface area contributed by atoms with Gasteiger partial charge < -0.3 is 9.84 Å². The molecule has 1 aromatic carbocycles. The van der Waals surface area contributed by atoms with Crippen molar-refractivity contribution >= 4 is 0 Å². The van der Waals surface area contributed by atoms with E-state index < -0.39 is 0 Å². The summed E-state index contributed by atoms with van der Waals surface area (Å²) in [6.45, 7) is 4.09. The largest absolute Gasteiger partial charge is 0.493 e. The summed E-state index contributed by atoms with van der Waals surface area (Å²) in [6, 6.07) is 7.45. The number of nitriles is 1. The number of hydrogen-bond donors (Lipinski definition) is 1. The molecule has 0 heterocycles. The van der Waals surface area contributed by atoms with Gasteiger partial charge in [-0.3, -0.25) is 0 Å². The quantitative estimate of drug-likeness (QED) is 0.818. The highest BCUT2D eigenvalue weighted by Crippen LogP contribution is 2.16. The van der Waals surface area contributed by atoms with E-state index in [4.69, 9.17) is 15.1 Å². The van der Waals surface area contributed by atoms with E-state index in [1.807, 2.05) is 13.0 Å². The number of aliphatic hydroxyl groups is 1. The van der Waals surface area contributed by atoms with Gasteiger partial charge >= 0.3 is 0 Å². The summed E-state index contributed by atoms with van der Waals surface area (Å²) >= 11 is 0. The van der Waals surface area contributed by atoms with Crippen molar-refractivity contribution in [2.75, 3.05) is 6.61 Å². The van der Waals surface area contributed by atoms with Crippen LogP contribution in [0.5, 0.6) is 5.75 Å². The maximum atomic E-state index is 9.04. The Morgan fingerprint density at radius 2 is 2.27 bits per heavy atom. The number of hydrogen-bond acceptors (Lipinski definition) is 3.